The summed E-state index contributed by atoms with van der Waals surface area (Å²) in [6.07, 6.45) is 0. The first kappa shape index (κ1) is 18.7. The fourth-order valence-corrected chi connectivity index (χ4v) is 6.06. The number of benzene rings is 2. The van der Waals surface area contributed by atoms with Gasteiger partial charge in [-0.25, -0.2) is 0 Å². The Hall–Kier alpha value is -1.06. The summed E-state index contributed by atoms with van der Waals surface area (Å²) in [7, 11) is 3.14. The molecule has 0 aromatic heterocycles. The minimum Gasteiger partial charge on any atom is -0.493 e. The Morgan fingerprint density at radius 1 is 1.12 bits per heavy atom. The molecule has 2 aromatic rings. The molecule has 132 valence electrons. The number of halogens is 1. The molecule has 1 amide bonds. The van der Waals surface area contributed by atoms with Crippen molar-refractivity contribution >= 4 is 57.7 Å². The normalized spacial score (nSPS) is 14.4. The Morgan fingerprint density at radius 3 is 2.48 bits per heavy atom. The van der Waals surface area contributed by atoms with Crippen molar-refractivity contribution in [3.05, 3.63) is 51.1 Å². The zero-order valence-electron chi connectivity index (χ0n) is 13.9. The molecule has 3 rings (SSSR count). The van der Waals surface area contributed by atoms with Crippen LogP contribution in [0.5, 0.6) is 11.5 Å². The molecule has 4 nitrogen and oxygen atoms in total. The molecule has 2 aromatic carbocycles. The van der Waals surface area contributed by atoms with Crippen LogP contribution in [-0.4, -0.2) is 31.6 Å². The number of hydrogen-bond donors (Lipinski definition) is 1. The molecule has 1 fully saturated rings. The molecule has 25 heavy (non-hydrogen) atoms. The highest BCUT2D eigenvalue weighted by Crippen LogP contribution is 2.45. The Balaban J connectivity index is 1.81. The number of rotatable bonds is 5. The lowest BCUT2D eigenvalue weighted by molar-refractivity contribution is 0.102. The molecule has 1 aliphatic heterocycles. The molecule has 0 aliphatic carbocycles. The second-order valence-corrected chi connectivity index (χ2v) is 9.23. The Labute approximate surface area is 169 Å². The lowest BCUT2D eigenvalue weighted by Crippen LogP contribution is -2.14. The van der Waals surface area contributed by atoms with Crippen LogP contribution in [0.15, 0.2) is 36.4 Å². The minimum absolute atomic E-state index is 0.158. The topological polar surface area (TPSA) is 47.6 Å². The van der Waals surface area contributed by atoms with E-state index >= 15 is 0 Å². The minimum atomic E-state index is -0.158. The van der Waals surface area contributed by atoms with Gasteiger partial charge in [0, 0.05) is 20.8 Å². The number of carbonyl (C=O) groups is 1. The van der Waals surface area contributed by atoms with Crippen LogP contribution in [0, 0.1) is 3.57 Å². The van der Waals surface area contributed by atoms with Crippen LogP contribution >= 0.6 is 46.1 Å². The number of ether oxygens (including phenoxy) is 2. The third kappa shape index (κ3) is 4.38. The van der Waals surface area contributed by atoms with Gasteiger partial charge in [-0.3, -0.25) is 4.79 Å². The Bertz CT molecular complexity index is 779. The summed E-state index contributed by atoms with van der Waals surface area (Å²) in [5.74, 6) is 3.35. The van der Waals surface area contributed by atoms with Crippen LogP contribution < -0.4 is 14.8 Å². The monoisotopic (exact) mass is 487 g/mol. The molecule has 0 unspecified atom stereocenters. The highest BCUT2D eigenvalue weighted by Gasteiger charge is 2.19. The number of thioether (sulfide) groups is 2. The zero-order chi connectivity index (χ0) is 17.8. The summed E-state index contributed by atoms with van der Waals surface area (Å²) >= 11 is 6.03. The molecule has 1 heterocycles. The van der Waals surface area contributed by atoms with Gasteiger partial charge in [-0.1, -0.05) is 12.1 Å². The third-order valence-electron chi connectivity index (χ3n) is 3.76. The fourth-order valence-electron chi connectivity index (χ4n) is 2.54. The molecule has 7 heteroatoms. The molecule has 0 spiro atoms. The molecule has 1 aliphatic rings. The molecule has 1 saturated heterocycles. The first-order valence-electron chi connectivity index (χ1n) is 7.68. The van der Waals surface area contributed by atoms with Crippen molar-refractivity contribution in [3.8, 4) is 11.5 Å². The maximum absolute atomic E-state index is 12.7. The maximum Gasteiger partial charge on any atom is 0.256 e. The van der Waals surface area contributed by atoms with Crippen molar-refractivity contribution in [3.63, 3.8) is 0 Å². The first-order chi connectivity index (χ1) is 12.1. The van der Waals surface area contributed by atoms with Gasteiger partial charge in [-0.05, 0) is 52.4 Å². The van der Waals surface area contributed by atoms with Gasteiger partial charge in [-0.2, -0.15) is 0 Å². The van der Waals surface area contributed by atoms with Gasteiger partial charge < -0.3 is 14.8 Å². The van der Waals surface area contributed by atoms with Crippen molar-refractivity contribution in [2.24, 2.45) is 0 Å². The largest absolute Gasteiger partial charge is 0.493 e. The molecule has 0 atom stereocenters. The lowest BCUT2D eigenvalue weighted by Gasteiger charge is -2.13. The Kier molecular flexibility index (Phi) is 6.40. The molecular formula is C18H18INO3S2. The average molecular weight is 487 g/mol. The number of hydrogen-bond acceptors (Lipinski definition) is 5. The summed E-state index contributed by atoms with van der Waals surface area (Å²) in [6, 6.07) is 11.6. The fraction of sp³-hybridized carbons (Fsp3) is 0.278. The zero-order valence-corrected chi connectivity index (χ0v) is 17.7. The molecule has 1 N–H and O–H groups in total. The van der Waals surface area contributed by atoms with Gasteiger partial charge in [0.1, 0.15) is 0 Å². The maximum atomic E-state index is 12.7. The molecule has 0 bridgehead atoms. The van der Waals surface area contributed by atoms with E-state index in [1.165, 1.54) is 17.1 Å². The second-order valence-electron chi connectivity index (χ2n) is 5.34. The van der Waals surface area contributed by atoms with E-state index in [-0.39, 0.29) is 5.91 Å². The summed E-state index contributed by atoms with van der Waals surface area (Å²) < 4.78 is 11.8. The molecule has 0 radical (unpaired) electrons. The molecular weight excluding hydrogens is 469 g/mol. The van der Waals surface area contributed by atoms with Crippen molar-refractivity contribution in [2.45, 2.75) is 4.58 Å². The average Bonchev–Trinajstić information content (AvgIpc) is 3.16. The number of nitrogens with one attached hydrogen (secondary N) is 1. The van der Waals surface area contributed by atoms with E-state index in [9.17, 15) is 4.79 Å². The third-order valence-corrected chi connectivity index (χ3v) is 7.75. The van der Waals surface area contributed by atoms with Crippen molar-refractivity contribution in [1.82, 2.24) is 0 Å². The smallest absolute Gasteiger partial charge is 0.256 e. The quantitative estimate of drug-likeness (QED) is 0.599. The van der Waals surface area contributed by atoms with E-state index in [0.717, 1.165) is 9.26 Å². The van der Waals surface area contributed by atoms with Gasteiger partial charge in [0.25, 0.3) is 5.91 Å². The summed E-state index contributed by atoms with van der Waals surface area (Å²) in [6.45, 7) is 0. The van der Waals surface area contributed by atoms with Crippen LogP contribution in [0.25, 0.3) is 0 Å². The van der Waals surface area contributed by atoms with E-state index in [0.29, 0.717) is 21.6 Å². The van der Waals surface area contributed by atoms with E-state index in [4.69, 9.17) is 9.47 Å². The summed E-state index contributed by atoms with van der Waals surface area (Å²) in [5.41, 5.74) is 2.61. The van der Waals surface area contributed by atoms with E-state index in [2.05, 4.69) is 40.0 Å². The predicted octanol–water partition coefficient (Wildman–Crippen LogP) is 5.04. The van der Waals surface area contributed by atoms with Crippen LogP contribution in [0.3, 0.4) is 0 Å². The van der Waals surface area contributed by atoms with E-state index in [1.807, 2.05) is 35.7 Å². The van der Waals surface area contributed by atoms with Crippen molar-refractivity contribution in [1.29, 1.82) is 0 Å². The van der Waals surface area contributed by atoms with Crippen LogP contribution in [0.4, 0.5) is 5.69 Å². The van der Waals surface area contributed by atoms with Crippen LogP contribution in [0.2, 0.25) is 0 Å². The van der Waals surface area contributed by atoms with Crippen LogP contribution in [-0.2, 0) is 0 Å². The number of methoxy groups -OCH3 is 2. The standard InChI is InChI=1S/C18H18INO3S2/c1-22-15-9-13(14(19)10-16(15)23-2)17(21)20-12-5-3-4-11(8-12)18-24-6-7-25-18/h3-5,8-10,18H,6-7H2,1-2H3,(H,20,21). The molecule has 0 saturated carbocycles. The number of carbonyl (C=O) groups excluding carboxylic acids is 1. The van der Waals surface area contributed by atoms with Crippen LogP contribution in [0.1, 0.15) is 20.5 Å². The number of anilines is 1. The summed E-state index contributed by atoms with van der Waals surface area (Å²) in [4.78, 5) is 12.7. The van der Waals surface area contributed by atoms with E-state index in [1.54, 1.807) is 26.4 Å². The highest BCUT2D eigenvalue weighted by atomic mass is 127. The van der Waals surface area contributed by atoms with Gasteiger partial charge >= 0.3 is 0 Å². The first-order valence-corrected chi connectivity index (χ1v) is 10.9. The van der Waals surface area contributed by atoms with Gasteiger partial charge in [0.15, 0.2) is 11.5 Å². The predicted molar refractivity (Wildman–Crippen MR) is 114 cm³/mol. The van der Waals surface area contributed by atoms with E-state index < -0.39 is 0 Å². The van der Waals surface area contributed by atoms with Gasteiger partial charge in [-0.15, -0.1) is 23.5 Å². The highest BCUT2D eigenvalue weighted by molar-refractivity contribution is 14.1. The van der Waals surface area contributed by atoms with Crippen molar-refractivity contribution < 1.29 is 14.3 Å². The second kappa shape index (κ2) is 8.55. The lowest BCUT2D eigenvalue weighted by atomic mass is 10.1. The van der Waals surface area contributed by atoms with Crippen molar-refractivity contribution in [2.75, 3.05) is 31.0 Å². The summed E-state index contributed by atoms with van der Waals surface area (Å²) in [5, 5.41) is 2.99. The SMILES string of the molecule is COc1cc(I)c(C(=O)Nc2cccc(C3SCCS3)c2)cc1OC. The number of amides is 1. The van der Waals surface area contributed by atoms with Gasteiger partial charge in [0.2, 0.25) is 0 Å². The van der Waals surface area contributed by atoms with Gasteiger partial charge in [0.05, 0.1) is 24.4 Å². The Morgan fingerprint density at radius 2 is 1.80 bits per heavy atom.